The molecule has 0 unspecified atom stereocenters. The predicted molar refractivity (Wildman–Crippen MR) is 51.7 cm³/mol. The molecule has 1 aromatic heterocycles. The van der Waals surface area contributed by atoms with Crippen LogP contribution in [0, 0.1) is 0 Å². The number of rotatable bonds is 3. The first-order chi connectivity index (χ1) is 6.80. The molecule has 0 aliphatic carbocycles. The first kappa shape index (κ1) is 11.7. The van der Waals surface area contributed by atoms with Crippen molar-refractivity contribution in [2.45, 2.75) is 11.3 Å². The number of sulfonamides is 1. The standard InChI is InChI=1S/C5H6N4O4S2/c1-2(3(10)11)7-4-8-9-5(14-4)15(6,12)13/h1H3,(H,10,11)(H2,6,12,13)/b7-2+. The molecular formula is C5H6N4O4S2. The van der Waals surface area contributed by atoms with Crippen LogP contribution in [0.15, 0.2) is 9.33 Å². The van der Waals surface area contributed by atoms with Crippen LogP contribution in [0.4, 0.5) is 5.13 Å². The van der Waals surface area contributed by atoms with E-state index in [0.29, 0.717) is 11.3 Å². The minimum atomic E-state index is -3.91. The summed E-state index contributed by atoms with van der Waals surface area (Å²) in [6.07, 6.45) is 0. The smallest absolute Gasteiger partial charge is 0.350 e. The zero-order chi connectivity index (χ0) is 11.6. The molecule has 0 fully saturated rings. The number of aromatic nitrogens is 2. The van der Waals surface area contributed by atoms with Gasteiger partial charge in [-0.15, -0.1) is 10.2 Å². The van der Waals surface area contributed by atoms with Crippen molar-refractivity contribution in [2.24, 2.45) is 10.1 Å². The van der Waals surface area contributed by atoms with Crippen molar-refractivity contribution >= 4 is 38.2 Å². The van der Waals surface area contributed by atoms with E-state index in [9.17, 15) is 13.2 Å². The number of carboxylic acid groups (broad SMARTS) is 1. The van der Waals surface area contributed by atoms with Crippen LogP contribution in [0.1, 0.15) is 6.92 Å². The van der Waals surface area contributed by atoms with Crippen molar-refractivity contribution in [1.29, 1.82) is 0 Å². The van der Waals surface area contributed by atoms with E-state index in [-0.39, 0.29) is 10.8 Å². The fourth-order valence-corrected chi connectivity index (χ4v) is 1.90. The number of hydrogen-bond acceptors (Lipinski definition) is 7. The van der Waals surface area contributed by atoms with Crippen LogP contribution in [-0.2, 0) is 14.8 Å². The Hall–Kier alpha value is -1.39. The molecule has 0 aliphatic rings. The van der Waals surface area contributed by atoms with E-state index in [4.69, 9.17) is 10.2 Å². The lowest BCUT2D eigenvalue weighted by Crippen LogP contribution is -2.11. The third-order valence-corrected chi connectivity index (χ3v) is 3.34. The van der Waals surface area contributed by atoms with Crippen LogP contribution in [-0.4, -0.2) is 35.4 Å². The van der Waals surface area contributed by atoms with Gasteiger partial charge >= 0.3 is 5.97 Å². The van der Waals surface area contributed by atoms with Gasteiger partial charge in [0.1, 0.15) is 5.71 Å². The van der Waals surface area contributed by atoms with Crippen molar-refractivity contribution in [2.75, 3.05) is 0 Å². The van der Waals surface area contributed by atoms with Crippen molar-refractivity contribution < 1.29 is 18.3 Å². The highest BCUT2D eigenvalue weighted by molar-refractivity contribution is 7.91. The average Bonchev–Trinajstić information content (AvgIpc) is 2.51. The SMILES string of the molecule is C/C(=N\c1nnc(S(N)(=O)=O)s1)C(=O)O. The zero-order valence-electron chi connectivity index (χ0n) is 7.41. The van der Waals surface area contributed by atoms with Crippen LogP contribution in [0.5, 0.6) is 0 Å². The Morgan fingerprint density at radius 2 is 2.13 bits per heavy atom. The van der Waals surface area contributed by atoms with Gasteiger partial charge in [-0.2, -0.15) is 0 Å². The number of primary sulfonamides is 1. The molecule has 0 saturated carbocycles. The first-order valence-electron chi connectivity index (χ1n) is 3.45. The van der Waals surface area contributed by atoms with Gasteiger partial charge in [0.15, 0.2) is 0 Å². The minimum Gasteiger partial charge on any atom is -0.477 e. The van der Waals surface area contributed by atoms with Crippen molar-refractivity contribution in [3.63, 3.8) is 0 Å². The van der Waals surface area contributed by atoms with Crippen molar-refractivity contribution in [1.82, 2.24) is 10.2 Å². The summed E-state index contributed by atoms with van der Waals surface area (Å²) < 4.78 is 21.2. The Morgan fingerprint density at radius 3 is 2.53 bits per heavy atom. The van der Waals surface area contributed by atoms with Gasteiger partial charge in [-0.1, -0.05) is 11.3 Å². The number of hydrogen-bond donors (Lipinski definition) is 2. The number of aliphatic carboxylic acids is 1. The Bertz CT molecular complexity index is 517. The highest BCUT2D eigenvalue weighted by Gasteiger charge is 2.15. The topological polar surface area (TPSA) is 136 Å². The summed E-state index contributed by atoms with van der Waals surface area (Å²) in [5, 5.41) is 19.8. The van der Waals surface area contributed by atoms with E-state index in [0.717, 1.165) is 0 Å². The molecule has 8 nitrogen and oxygen atoms in total. The predicted octanol–water partition coefficient (Wildman–Crippen LogP) is -0.638. The molecule has 0 aliphatic heterocycles. The molecule has 0 radical (unpaired) electrons. The number of nitrogens with zero attached hydrogens (tertiary/aromatic N) is 3. The Labute approximate surface area is 88.5 Å². The third kappa shape index (κ3) is 3.04. The van der Waals surface area contributed by atoms with Gasteiger partial charge in [-0.05, 0) is 6.92 Å². The van der Waals surface area contributed by atoms with E-state index in [1.54, 1.807) is 0 Å². The van der Waals surface area contributed by atoms with Gasteiger partial charge in [0.25, 0.3) is 10.0 Å². The molecule has 0 spiro atoms. The number of nitrogens with two attached hydrogens (primary N) is 1. The summed E-state index contributed by atoms with van der Waals surface area (Å²) in [4.78, 5) is 13.9. The van der Waals surface area contributed by atoms with E-state index in [1.807, 2.05) is 0 Å². The van der Waals surface area contributed by atoms with Crippen LogP contribution < -0.4 is 5.14 Å². The molecule has 82 valence electrons. The molecule has 10 heteroatoms. The molecule has 15 heavy (non-hydrogen) atoms. The summed E-state index contributed by atoms with van der Waals surface area (Å²) >= 11 is 0.600. The Morgan fingerprint density at radius 1 is 1.53 bits per heavy atom. The second-order valence-electron chi connectivity index (χ2n) is 2.40. The maximum absolute atomic E-state index is 10.8. The minimum absolute atomic E-state index is 0.0704. The lowest BCUT2D eigenvalue weighted by atomic mass is 10.4. The van der Waals surface area contributed by atoms with E-state index in [1.165, 1.54) is 6.92 Å². The van der Waals surface area contributed by atoms with Gasteiger partial charge in [0.05, 0.1) is 0 Å². The molecule has 1 heterocycles. The molecule has 0 saturated heterocycles. The fraction of sp³-hybridized carbons (Fsp3) is 0.200. The van der Waals surface area contributed by atoms with Crippen LogP contribution >= 0.6 is 11.3 Å². The van der Waals surface area contributed by atoms with Gasteiger partial charge in [0.2, 0.25) is 9.47 Å². The van der Waals surface area contributed by atoms with Crippen LogP contribution in [0.3, 0.4) is 0 Å². The Kier molecular flexibility index (Phi) is 3.12. The van der Waals surface area contributed by atoms with E-state index < -0.39 is 20.3 Å². The lowest BCUT2D eigenvalue weighted by Gasteiger charge is -1.87. The molecule has 0 bridgehead atoms. The van der Waals surface area contributed by atoms with Gasteiger partial charge in [-0.3, -0.25) is 0 Å². The van der Waals surface area contributed by atoms with Crippen LogP contribution in [0.25, 0.3) is 0 Å². The maximum atomic E-state index is 10.8. The molecular weight excluding hydrogens is 244 g/mol. The van der Waals surface area contributed by atoms with Gasteiger partial charge < -0.3 is 5.11 Å². The molecule has 1 aromatic rings. The fourth-order valence-electron chi connectivity index (χ4n) is 0.554. The zero-order valence-corrected chi connectivity index (χ0v) is 9.04. The monoisotopic (exact) mass is 250 g/mol. The maximum Gasteiger partial charge on any atom is 0.350 e. The second kappa shape index (κ2) is 4.00. The molecule has 3 N–H and O–H groups in total. The molecule has 0 atom stereocenters. The molecule has 0 aromatic carbocycles. The average molecular weight is 250 g/mol. The number of carboxylic acids is 1. The summed E-state index contributed by atoms with van der Waals surface area (Å²) in [5.74, 6) is -1.22. The molecule has 0 amide bonds. The van der Waals surface area contributed by atoms with E-state index >= 15 is 0 Å². The van der Waals surface area contributed by atoms with E-state index in [2.05, 4.69) is 15.2 Å². The largest absolute Gasteiger partial charge is 0.477 e. The summed E-state index contributed by atoms with van der Waals surface area (Å²) in [7, 11) is -3.91. The lowest BCUT2D eigenvalue weighted by molar-refractivity contribution is -0.129. The second-order valence-corrected chi connectivity index (χ2v) is 5.09. The highest BCUT2D eigenvalue weighted by atomic mass is 32.2. The normalized spacial score (nSPS) is 12.8. The Balaban J connectivity index is 3.06. The number of aliphatic imine (C=N–C) groups is 1. The third-order valence-electron chi connectivity index (χ3n) is 1.21. The quantitative estimate of drug-likeness (QED) is 0.685. The number of carbonyl (C=O) groups is 1. The summed E-state index contributed by atoms with van der Waals surface area (Å²) in [6, 6.07) is 0. The van der Waals surface area contributed by atoms with Crippen molar-refractivity contribution in [3.05, 3.63) is 0 Å². The molecule has 1 rings (SSSR count). The van der Waals surface area contributed by atoms with Gasteiger partial charge in [-0.25, -0.2) is 23.3 Å². The van der Waals surface area contributed by atoms with Crippen LogP contribution in [0.2, 0.25) is 0 Å². The highest BCUT2D eigenvalue weighted by Crippen LogP contribution is 2.21. The van der Waals surface area contributed by atoms with Crippen molar-refractivity contribution in [3.8, 4) is 0 Å². The summed E-state index contributed by atoms with van der Waals surface area (Å²) in [5.41, 5.74) is -0.216. The first-order valence-corrected chi connectivity index (χ1v) is 5.82. The summed E-state index contributed by atoms with van der Waals surface area (Å²) in [6.45, 7) is 1.25. The van der Waals surface area contributed by atoms with Gasteiger partial charge in [0, 0.05) is 0 Å².